The second-order valence-electron chi connectivity index (χ2n) is 4.67. The maximum Gasteiger partial charge on any atom is 0.305 e. The second-order valence-corrected chi connectivity index (χ2v) is 4.67. The van der Waals surface area contributed by atoms with Gasteiger partial charge in [-0.2, -0.15) is 0 Å². The van der Waals surface area contributed by atoms with Crippen LogP contribution >= 0.6 is 0 Å². The van der Waals surface area contributed by atoms with Crippen molar-refractivity contribution >= 4 is 17.9 Å². The summed E-state index contributed by atoms with van der Waals surface area (Å²) in [5, 5.41) is 0. The summed E-state index contributed by atoms with van der Waals surface area (Å²) in [6.07, 6.45) is -4.36. The Morgan fingerprint density at radius 1 is 0.810 bits per heavy atom. The van der Waals surface area contributed by atoms with Gasteiger partial charge in [0.1, 0.15) is 6.10 Å². The fourth-order valence-corrected chi connectivity index (χ4v) is 2.17. The minimum absolute atomic E-state index is 0.523. The molecule has 0 radical (unpaired) electrons. The molecule has 0 saturated carbocycles. The molecule has 1 aliphatic rings. The van der Waals surface area contributed by atoms with E-state index in [1.807, 2.05) is 0 Å². The third kappa shape index (κ3) is 4.68. The zero-order valence-electron chi connectivity index (χ0n) is 12.7. The molecule has 0 unspecified atom stereocenters. The molecular weight excluding hydrogens is 284 g/mol. The molecular formula is C13H20O8. The molecule has 0 aliphatic carbocycles. The molecule has 21 heavy (non-hydrogen) atoms. The second kappa shape index (κ2) is 7.37. The summed E-state index contributed by atoms with van der Waals surface area (Å²) in [5.74, 6) is -1.71. The lowest BCUT2D eigenvalue weighted by Crippen LogP contribution is -2.60. The molecule has 120 valence electrons. The molecule has 1 fully saturated rings. The third-order valence-electron chi connectivity index (χ3n) is 2.89. The van der Waals surface area contributed by atoms with E-state index in [9.17, 15) is 14.4 Å². The predicted molar refractivity (Wildman–Crippen MR) is 68.0 cm³/mol. The Labute approximate surface area is 122 Å². The van der Waals surface area contributed by atoms with Gasteiger partial charge in [-0.15, -0.1) is 0 Å². The molecule has 0 aromatic carbocycles. The zero-order valence-corrected chi connectivity index (χ0v) is 12.7. The molecule has 1 heterocycles. The van der Waals surface area contributed by atoms with Crippen molar-refractivity contribution in [1.82, 2.24) is 0 Å². The summed E-state index contributed by atoms with van der Waals surface area (Å²) in [6.45, 7) is 5.30. The van der Waals surface area contributed by atoms with Gasteiger partial charge in [-0.1, -0.05) is 0 Å². The van der Waals surface area contributed by atoms with Crippen LogP contribution in [0.4, 0.5) is 0 Å². The molecule has 0 amide bonds. The molecule has 8 heteroatoms. The lowest BCUT2D eigenvalue weighted by Gasteiger charge is -2.42. The van der Waals surface area contributed by atoms with Gasteiger partial charge in [-0.05, 0) is 6.92 Å². The van der Waals surface area contributed by atoms with Gasteiger partial charge in [0.2, 0.25) is 6.29 Å². The standard InChI is InChI=1S/C13H20O8/c1-6-10(19-7(2)14)11(17-5)12(20-8(3)15)13(18-6)21-9(4)16/h6,10-13H,1-5H3/t6-,10-,11+,12-,13+/m0/s1. The average Bonchev–Trinajstić information content (AvgIpc) is 2.33. The number of ether oxygens (including phenoxy) is 5. The van der Waals surface area contributed by atoms with Crippen LogP contribution in [0.3, 0.4) is 0 Å². The van der Waals surface area contributed by atoms with Crippen LogP contribution in [-0.4, -0.2) is 55.7 Å². The predicted octanol–water partition coefficient (Wildman–Crippen LogP) is 0.173. The molecule has 8 nitrogen and oxygen atoms in total. The number of hydrogen-bond acceptors (Lipinski definition) is 8. The SMILES string of the molecule is CO[C@H]1[C@H](OC(C)=O)[C@@H](OC(C)=O)O[C@@H](C)[C@@H]1OC(C)=O. The van der Waals surface area contributed by atoms with Gasteiger partial charge in [-0.25, -0.2) is 0 Å². The Morgan fingerprint density at radius 3 is 1.71 bits per heavy atom. The van der Waals surface area contributed by atoms with Crippen LogP contribution in [-0.2, 0) is 38.1 Å². The third-order valence-corrected chi connectivity index (χ3v) is 2.89. The number of hydrogen-bond donors (Lipinski definition) is 0. The van der Waals surface area contributed by atoms with Crippen LogP contribution in [0.1, 0.15) is 27.7 Å². The van der Waals surface area contributed by atoms with Crippen LogP contribution in [0.25, 0.3) is 0 Å². The number of rotatable bonds is 4. The first-order valence-corrected chi connectivity index (χ1v) is 6.46. The van der Waals surface area contributed by atoms with E-state index < -0.39 is 48.6 Å². The van der Waals surface area contributed by atoms with E-state index in [2.05, 4.69) is 0 Å². The van der Waals surface area contributed by atoms with Gasteiger partial charge in [0.15, 0.2) is 12.2 Å². The number of carbonyl (C=O) groups excluding carboxylic acids is 3. The van der Waals surface area contributed by atoms with Gasteiger partial charge in [0.25, 0.3) is 0 Å². The van der Waals surface area contributed by atoms with E-state index in [0.717, 1.165) is 0 Å². The fourth-order valence-electron chi connectivity index (χ4n) is 2.17. The van der Waals surface area contributed by atoms with Gasteiger partial charge >= 0.3 is 17.9 Å². The summed E-state index contributed by atoms with van der Waals surface area (Å²) in [6, 6.07) is 0. The normalized spacial score (nSPS) is 32.1. The number of carbonyl (C=O) groups is 3. The maximum atomic E-state index is 11.2. The number of methoxy groups -OCH3 is 1. The minimum Gasteiger partial charge on any atom is -0.457 e. The Bertz CT molecular complexity index is 407. The van der Waals surface area contributed by atoms with Crippen molar-refractivity contribution in [1.29, 1.82) is 0 Å². The zero-order chi connectivity index (χ0) is 16.2. The molecule has 1 saturated heterocycles. The van der Waals surface area contributed by atoms with E-state index in [1.54, 1.807) is 6.92 Å². The monoisotopic (exact) mass is 304 g/mol. The van der Waals surface area contributed by atoms with Crippen molar-refractivity contribution in [3.63, 3.8) is 0 Å². The van der Waals surface area contributed by atoms with Crippen molar-refractivity contribution < 1.29 is 38.1 Å². The van der Waals surface area contributed by atoms with Crippen molar-refractivity contribution in [3.8, 4) is 0 Å². The van der Waals surface area contributed by atoms with Crippen LogP contribution in [0.2, 0.25) is 0 Å². The molecule has 1 aliphatic heterocycles. The number of esters is 3. The van der Waals surface area contributed by atoms with Gasteiger partial charge in [0, 0.05) is 27.9 Å². The average molecular weight is 304 g/mol. The first-order chi connectivity index (χ1) is 9.76. The van der Waals surface area contributed by atoms with Gasteiger partial charge in [0.05, 0.1) is 6.10 Å². The summed E-state index contributed by atoms with van der Waals surface area (Å²) >= 11 is 0. The molecule has 1 rings (SSSR count). The molecule has 0 aromatic rings. The van der Waals surface area contributed by atoms with Crippen LogP contribution < -0.4 is 0 Å². The first-order valence-electron chi connectivity index (χ1n) is 6.46. The van der Waals surface area contributed by atoms with Crippen molar-refractivity contribution in [3.05, 3.63) is 0 Å². The van der Waals surface area contributed by atoms with E-state index in [4.69, 9.17) is 23.7 Å². The highest BCUT2D eigenvalue weighted by Crippen LogP contribution is 2.28. The Hall–Kier alpha value is -1.67. The fraction of sp³-hybridized carbons (Fsp3) is 0.769. The highest BCUT2D eigenvalue weighted by Gasteiger charge is 2.50. The van der Waals surface area contributed by atoms with E-state index in [0.29, 0.717) is 0 Å². The van der Waals surface area contributed by atoms with Crippen molar-refractivity contribution in [2.45, 2.75) is 58.4 Å². The molecule has 0 aromatic heterocycles. The minimum atomic E-state index is -1.13. The van der Waals surface area contributed by atoms with Crippen molar-refractivity contribution in [2.75, 3.05) is 7.11 Å². The van der Waals surface area contributed by atoms with Gasteiger partial charge < -0.3 is 23.7 Å². The van der Waals surface area contributed by atoms with Crippen LogP contribution in [0.15, 0.2) is 0 Å². The van der Waals surface area contributed by atoms with E-state index in [-0.39, 0.29) is 0 Å². The molecule has 0 bridgehead atoms. The molecule has 0 N–H and O–H groups in total. The van der Waals surface area contributed by atoms with Crippen LogP contribution in [0.5, 0.6) is 0 Å². The lowest BCUT2D eigenvalue weighted by molar-refractivity contribution is -0.293. The quantitative estimate of drug-likeness (QED) is 0.535. The largest absolute Gasteiger partial charge is 0.457 e. The van der Waals surface area contributed by atoms with Crippen molar-refractivity contribution in [2.24, 2.45) is 0 Å². The highest BCUT2D eigenvalue weighted by molar-refractivity contribution is 5.67. The summed E-state index contributed by atoms with van der Waals surface area (Å²) in [7, 11) is 1.38. The Balaban J connectivity index is 3.02. The summed E-state index contributed by atoms with van der Waals surface area (Å²) in [5.41, 5.74) is 0. The Kier molecular flexibility index (Phi) is 6.10. The summed E-state index contributed by atoms with van der Waals surface area (Å²) in [4.78, 5) is 33.5. The van der Waals surface area contributed by atoms with Gasteiger partial charge in [-0.3, -0.25) is 14.4 Å². The highest BCUT2D eigenvalue weighted by atomic mass is 16.7. The molecule has 5 atom stereocenters. The summed E-state index contributed by atoms with van der Waals surface area (Å²) < 4.78 is 26.0. The maximum absolute atomic E-state index is 11.2. The van der Waals surface area contributed by atoms with E-state index >= 15 is 0 Å². The lowest BCUT2D eigenvalue weighted by atomic mass is 9.99. The topological polar surface area (TPSA) is 97.4 Å². The first kappa shape index (κ1) is 17.4. The van der Waals surface area contributed by atoms with Crippen LogP contribution in [0, 0.1) is 0 Å². The molecule has 0 spiro atoms. The Morgan fingerprint density at radius 2 is 1.29 bits per heavy atom. The van der Waals surface area contributed by atoms with E-state index in [1.165, 1.54) is 27.9 Å². The smallest absolute Gasteiger partial charge is 0.305 e.